The van der Waals surface area contributed by atoms with E-state index in [-0.39, 0.29) is 0 Å². The third-order valence-corrected chi connectivity index (χ3v) is 6.52. The lowest BCUT2D eigenvalue weighted by atomic mass is 10.0. The van der Waals surface area contributed by atoms with Crippen LogP contribution in [-0.4, -0.2) is 39.4 Å². The lowest BCUT2D eigenvalue weighted by Crippen LogP contribution is -2.28. The lowest BCUT2D eigenvalue weighted by Gasteiger charge is -2.24. The van der Waals surface area contributed by atoms with Gasteiger partial charge in [-0.1, -0.05) is 60.7 Å². The van der Waals surface area contributed by atoms with E-state index in [0.29, 0.717) is 13.2 Å². The molecule has 0 heterocycles. The zero-order chi connectivity index (χ0) is 25.7. The van der Waals surface area contributed by atoms with Crippen molar-refractivity contribution in [1.29, 1.82) is 0 Å². The minimum atomic E-state index is 0.666. The van der Waals surface area contributed by atoms with Gasteiger partial charge in [0, 0.05) is 24.5 Å². The molecule has 0 radical (unpaired) electrons. The monoisotopic (exact) mass is 494 g/mol. The van der Waals surface area contributed by atoms with Crippen LogP contribution in [0.5, 0.6) is 11.5 Å². The third-order valence-electron chi connectivity index (χ3n) is 6.52. The Morgan fingerprint density at radius 2 is 0.865 bits per heavy atom. The average molecular weight is 495 g/mol. The van der Waals surface area contributed by atoms with Gasteiger partial charge < -0.3 is 19.3 Å². The number of para-hydroxylation sites is 2. The molecule has 4 rings (SSSR count). The molecule has 0 aliphatic rings. The number of rotatable bonds is 14. The first-order chi connectivity index (χ1) is 18.2. The van der Waals surface area contributed by atoms with E-state index < -0.39 is 0 Å². The van der Waals surface area contributed by atoms with E-state index >= 15 is 0 Å². The van der Waals surface area contributed by atoms with Gasteiger partial charge in [0.05, 0.1) is 13.1 Å². The molecule has 0 saturated heterocycles. The molecule has 192 valence electrons. The molecule has 37 heavy (non-hydrogen) atoms. The molecule has 0 fully saturated rings. The van der Waals surface area contributed by atoms with E-state index in [1.165, 1.54) is 22.5 Å². The molecule has 0 unspecified atom stereocenters. The molecule has 4 aromatic carbocycles. The normalized spacial score (nSPS) is 10.6. The summed E-state index contributed by atoms with van der Waals surface area (Å²) in [6.45, 7) is 9.31. The van der Waals surface area contributed by atoms with Crippen LogP contribution in [0.2, 0.25) is 0 Å². The summed E-state index contributed by atoms with van der Waals surface area (Å²) < 4.78 is 11.8. The number of ether oxygens (including phenoxy) is 2. The van der Waals surface area contributed by atoms with Gasteiger partial charge in [-0.2, -0.15) is 0 Å². The van der Waals surface area contributed by atoms with Gasteiger partial charge in [-0.3, -0.25) is 0 Å². The van der Waals surface area contributed by atoms with Crippen molar-refractivity contribution in [2.45, 2.75) is 20.3 Å². The minimum Gasteiger partial charge on any atom is -0.492 e. The number of likely N-dealkylation sites (N-methyl/N-ethyl adjacent to an activating group) is 2. The van der Waals surface area contributed by atoms with Crippen LogP contribution in [0.3, 0.4) is 0 Å². The van der Waals surface area contributed by atoms with Gasteiger partial charge in [0.1, 0.15) is 24.7 Å². The zero-order valence-electron chi connectivity index (χ0n) is 22.1. The Hall–Kier alpha value is -3.92. The molecule has 4 nitrogen and oxygen atoms in total. The number of nitrogens with zero attached hydrogens (tertiary/aromatic N) is 2. The van der Waals surface area contributed by atoms with Crippen molar-refractivity contribution in [1.82, 2.24) is 0 Å². The Kier molecular flexibility index (Phi) is 9.88. The van der Waals surface area contributed by atoms with Crippen LogP contribution in [-0.2, 0) is 6.42 Å². The van der Waals surface area contributed by atoms with Gasteiger partial charge in [0.2, 0.25) is 0 Å². The van der Waals surface area contributed by atoms with Crippen molar-refractivity contribution < 1.29 is 9.47 Å². The standard InChI is InChI=1S/C33H38N2O2/c1-3-34(23-25-36-32-11-7-5-8-12-32)30-19-15-28(16-20-30)27-29-17-21-31(22-18-29)35(4-2)24-26-37-33-13-9-6-10-14-33/h5-22H,3-4,23-27H2,1-2H3. The van der Waals surface area contributed by atoms with E-state index in [9.17, 15) is 0 Å². The SMILES string of the molecule is CCN(CCOc1ccccc1)c1ccc(Cc2ccc(N(CC)CCOc3ccccc3)cc2)cc1. The topological polar surface area (TPSA) is 24.9 Å². The molecule has 0 aromatic heterocycles. The first-order valence-electron chi connectivity index (χ1n) is 13.3. The summed E-state index contributed by atoms with van der Waals surface area (Å²) in [4.78, 5) is 4.70. The van der Waals surface area contributed by atoms with Gasteiger partial charge in [-0.15, -0.1) is 0 Å². The van der Waals surface area contributed by atoms with Gasteiger partial charge in [0.25, 0.3) is 0 Å². The van der Waals surface area contributed by atoms with Gasteiger partial charge >= 0.3 is 0 Å². The summed E-state index contributed by atoms with van der Waals surface area (Å²) in [6, 6.07) is 37.9. The molecule has 0 spiro atoms. The van der Waals surface area contributed by atoms with Crippen molar-refractivity contribution in [2.24, 2.45) is 0 Å². The molecule has 0 aliphatic heterocycles. The highest BCUT2D eigenvalue weighted by molar-refractivity contribution is 5.50. The predicted octanol–water partition coefficient (Wildman–Crippen LogP) is 7.09. The zero-order valence-corrected chi connectivity index (χ0v) is 22.1. The third kappa shape index (κ3) is 8.04. The Labute approximate surface area is 222 Å². The van der Waals surface area contributed by atoms with E-state index in [1.54, 1.807) is 0 Å². The Bertz CT molecular complexity index is 1070. The van der Waals surface area contributed by atoms with Gasteiger partial charge in [-0.25, -0.2) is 0 Å². The largest absolute Gasteiger partial charge is 0.492 e. The molecule has 4 heteroatoms. The van der Waals surface area contributed by atoms with Crippen molar-refractivity contribution in [3.05, 3.63) is 120 Å². The van der Waals surface area contributed by atoms with Crippen LogP contribution in [0.15, 0.2) is 109 Å². The molecule has 0 amide bonds. The van der Waals surface area contributed by atoms with Crippen LogP contribution in [0, 0.1) is 0 Å². The molecule has 0 aliphatic carbocycles. The summed E-state index contributed by atoms with van der Waals surface area (Å²) in [7, 11) is 0. The highest BCUT2D eigenvalue weighted by atomic mass is 16.5. The Morgan fingerprint density at radius 3 is 1.22 bits per heavy atom. The number of anilines is 2. The average Bonchev–Trinajstić information content (AvgIpc) is 2.96. The second-order valence-electron chi connectivity index (χ2n) is 8.99. The molecular formula is C33H38N2O2. The highest BCUT2D eigenvalue weighted by Crippen LogP contribution is 2.20. The number of hydrogen-bond donors (Lipinski definition) is 0. The van der Waals surface area contributed by atoms with E-state index in [2.05, 4.69) is 72.2 Å². The molecule has 0 saturated carbocycles. The smallest absolute Gasteiger partial charge is 0.119 e. The minimum absolute atomic E-state index is 0.666. The summed E-state index contributed by atoms with van der Waals surface area (Å²) in [5.74, 6) is 1.84. The molecule has 0 N–H and O–H groups in total. The molecule has 0 bridgehead atoms. The lowest BCUT2D eigenvalue weighted by molar-refractivity contribution is 0.324. The quantitative estimate of drug-likeness (QED) is 0.187. The second kappa shape index (κ2) is 14.0. The van der Waals surface area contributed by atoms with Crippen molar-refractivity contribution in [3.63, 3.8) is 0 Å². The van der Waals surface area contributed by atoms with E-state index in [0.717, 1.165) is 44.1 Å². The van der Waals surface area contributed by atoms with Crippen LogP contribution < -0.4 is 19.3 Å². The van der Waals surface area contributed by atoms with Crippen LogP contribution >= 0.6 is 0 Å². The Morgan fingerprint density at radius 1 is 0.486 bits per heavy atom. The fourth-order valence-electron chi connectivity index (χ4n) is 4.41. The summed E-state index contributed by atoms with van der Waals surface area (Å²) in [5, 5.41) is 0. The maximum atomic E-state index is 5.89. The van der Waals surface area contributed by atoms with Gasteiger partial charge in [0.15, 0.2) is 0 Å². The fraction of sp³-hybridized carbons (Fsp3) is 0.273. The first kappa shape index (κ1) is 26.2. The summed E-state index contributed by atoms with van der Waals surface area (Å²) in [5.41, 5.74) is 5.09. The highest BCUT2D eigenvalue weighted by Gasteiger charge is 2.07. The second-order valence-corrected chi connectivity index (χ2v) is 8.99. The molecule has 4 aromatic rings. The fourth-order valence-corrected chi connectivity index (χ4v) is 4.41. The van der Waals surface area contributed by atoms with Crippen LogP contribution in [0.25, 0.3) is 0 Å². The number of benzene rings is 4. The summed E-state index contributed by atoms with van der Waals surface area (Å²) >= 11 is 0. The van der Waals surface area contributed by atoms with E-state index in [1.807, 2.05) is 60.7 Å². The maximum Gasteiger partial charge on any atom is 0.119 e. The summed E-state index contributed by atoms with van der Waals surface area (Å²) in [6.07, 6.45) is 0.924. The predicted molar refractivity (Wildman–Crippen MR) is 155 cm³/mol. The van der Waals surface area contributed by atoms with E-state index in [4.69, 9.17) is 9.47 Å². The van der Waals surface area contributed by atoms with Crippen LogP contribution in [0.4, 0.5) is 11.4 Å². The van der Waals surface area contributed by atoms with Crippen molar-refractivity contribution in [2.75, 3.05) is 49.2 Å². The molecule has 0 atom stereocenters. The van der Waals surface area contributed by atoms with Crippen molar-refractivity contribution >= 4 is 11.4 Å². The van der Waals surface area contributed by atoms with Crippen LogP contribution in [0.1, 0.15) is 25.0 Å². The maximum absolute atomic E-state index is 5.89. The van der Waals surface area contributed by atoms with Crippen molar-refractivity contribution in [3.8, 4) is 11.5 Å². The number of hydrogen-bond acceptors (Lipinski definition) is 4. The Balaban J connectivity index is 1.26. The first-order valence-corrected chi connectivity index (χ1v) is 13.3. The van der Waals surface area contributed by atoms with Gasteiger partial charge in [-0.05, 0) is 79.9 Å². The molecular weight excluding hydrogens is 456 g/mol.